The van der Waals surface area contributed by atoms with Crippen molar-refractivity contribution in [2.75, 3.05) is 18.0 Å². The Hall–Kier alpha value is -3.39. The number of nitrogens with zero attached hydrogens (tertiary/aromatic N) is 6. The topological polar surface area (TPSA) is 110 Å². The Bertz CT molecular complexity index is 1730. The summed E-state index contributed by atoms with van der Waals surface area (Å²) in [7, 11) is 0. The maximum Gasteiger partial charge on any atom is 0.452 e. The number of anilines is 1. The number of halogens is 4. The number of alkyl halides is 3. The molecule has 0 spiro atoms. The number of rotatable bonds is 6. The highest BCUT2D eigenvalue weighted by molar-refractivity contribution is 7.89. The first-order valence-electron chi connectivity index (χ1n) is 14.2. The van der Waals surface area contributed by atoms with Gasteiger partial charge in [0.25, 0.3) is 0 Å². The Kier molecular flexibility index (Phi) is 8.24. The van der Waals surface area contributed by atoms with Gasteiger partial charge in [-0.1, -0.05) is 29.8 Å². The average molecular weight is 647 g/mol. The molecule has 3 atom stereocenters. The van der Waals surface area contributed by atoms with E-state index in [4.69, 9.17) is 11.6 Å². The number of aliphatic carboxylic acids is 1. The second-order valence-corrected chi connectivity index (χ2v) is 13.2. The number of benzene rings is 1. The molecule has 1 saturated heterocycles. The predicted octanol–water partition coefficient (Wildman–Crippen LogP) is 5.92. The van der Waals surface area contributed by atoms with E-state index in [-0.39, 0.29) is 18.1 Å². The Balaban J connectivity index is 1.37. The van der Waals surface area contributed by atoms with E-state index in [1.807, 2.05) is 29.4 Å². The fourth-order valence-corrected chi connectivity index (χ4v) is 7.93. The molecule has 0 aliphatic carbocycles. The van der Waals surface area contributed by atoms with Gasteiger partial charge < -0.3 is 14.6 Å². The monoisotopic (exact) mass is 646 g/mol. The van der Waals surface area contributed by atoms with Gasteiger partial charge >= 0.3 is 12.1 Å². The van der Waals surface area contributed by atoms with Gasteiger partial charge in [-0.2, -0.15) is 13.2 Å². The largest absolute Gasteiger partial charge is 0.593 e. The first-order valence-corrected chi connectivity index (χ1v) is 15.7. The number of piperidine rings is 1. The molecule has 14 heteroatoms. The molecular formula is C30H30ClF3N6O3S. The lowest BCUT2D eigenvalue weighted by molar-refractivity contribution is -0.145. The number of hydrogen-bond acceptors (Lipinski definition) is 7. The third kappa shape index (κ3) is 5.73. The Morgan fingerprint density at radius 2 is 2.00 bits per heavy atom. The van der Waals surface area contributed by atoms with Crippen molar-refractivity contribution in [2.24, 2.45) is 0 Å². The van der Waals surface area contributed by atoms with Crippen LogP contribution in [-0.4, -0.2) is 58.6 Å². The molecule has 0 radical (unpaired) electrons. The van der Waals surface area contributed by atoms with E-state index in [1.54, 1.807) is 19.2 Å². The molecule has 2 unspecified atom stereocenters. The molecule has 1 N–H and O–H groups in total. The van der Waals surface area contributed by atoms with Gasteiger partial charge in [-0.3, -0.25) is 9.20 Å². The van der Waals surface area contributed by atoms with Crippen molar-refractivity contribution in [3.8, 4) is 0 Å². The van der Waals surface area contributed by atoms with Gasteiger partial charge in [0, 0.05) is 37.0 Å². The minimum atomic E-state index is -4.69. The molecule has 1 fully saturated rings. The van der Waals surface area contributed by atoms with Crippen LogP contribution in [0.5, 0.6) is 0 Å². The van der Waals surface area contributed by atoms with Crippen molar-refractivity contribution in [1.29, 1.82) is 0 Å². The van der Waals surface area contributed by atoms with Gasteiger partial charge in [0.2, 0.25) is 10.7 Å². The van der Waals surface area contributed by atoms with Crippen molar-refractivity contribution >= 4 is 40.4 Å². The zero-order chi connectivity index (χ0) is 31.3. The molecule has 5 heterocycles. The van der Waals surface area contributed by atoms with E-state index in [0.717, 1.165) is 41.3 Å². The van der Waals surface area contributed by atoms with Crippen molar-refractivity contribution in [1.82, 2.24) is 23.9 Å². The number of carboxylic acid groups (broad SMARTS) is 1. The number of aryl methyl sites for hydroxylation is 2. The van der Waals surface area contributed by atoms with Gasteiger partial charge in [0.05, 0.1) is 35.9 Å². The minimum Gasteiger partial charge on any atom is -0.593 e. The quantitative estimate of drug-likeness (QED) is 0.257. The maximum absolute atomic E-state index is 14.0. The summed E-state index contributed by atoms with van der Waals surface area (Å²) >= 11 is 4.73. The Morgan fingerprint density at radius 3 is 2.75 bits per heavy atom. The third-order valence-electron chi connectivity index (χ3n) is 8.53. The highest BCUT2D eigenvalue weighted by Crippen LogP contribution is 2.38. The van der Waals surface area contributed by atoms with Gasteiger partial charge in [-0.15, -0.1) is 14.5 Å². The lowest BCUT2D eigenvalue weighted by Gasteiger charge is -2.35. The van der Waals surface area contributed by atoms with Crippen molar-refractivity contribution in [3.05, 3.63) is 81.4 Å². The van der Waals surface area contributed by atoms with Gasteiger partial charge in [0.1, 0.15) is 0 Å². The van der Waals surface area contributed by atoms with Crippen LogP contribution in [0.4, 0.5) is 19.0 Å². The number of aromatic nitrogens is 4. The number of carbonyl (C=O) groups is 1. The van der Waals surface area contributed by atoms with Crippen LogP contribution in [0.3, 0.4) is 0 Å². The lowest BCUT2D eigenvalue weighted by atomic mass is 9.85. The van der Waals surface area contributed by atoms with Crippen molar-refractivity contribution < 1.29 is 27.6 Å². The van der Waals surface area contributed by atoms with Crippen LogP contribution in [0.1, 0.15) is 65.2 Å². The van der Waals surface area contributed by atoms with Crippen molar-refractivity contribution in [3.63, 3.8) is 0 Å². The summed E-state index contributed by atoms with van der Waals surface area (Å²) in [5.74, 6) is -2.18. The van der Waals surface area contributed by atoms with E-state index in [1.165, 1.54) is 12.3 Å². The summed E-state index contributed by atoms with van der Waals surface area (Å²) < 4.78 is 57.2. The SMILES string of the molecule is Cc1ccc(C(CC(=O)O)c2ccn3c(C(F)(F)F)nnc3c2C)cc1CN1C[C@@H]2CCCCN2c2ncc(Cl)cc2[S+]1[O-]. The molecule has 44 heavy (non-hydrogen) atoms. The molecule has 0 amide bonds. The summed E-state index contributed by atoms with van der Waals surface area (Å²) in [5.41, 5.74) is 3.46. The van der Waals surface area contributed by atoms with Crippen LogP contribution in [-0.2, 0) is 28.9 Å². The average Bonchev–Trinajstić information content (AvgIpc) is 3.39. The molecule has 232 valence electrons. The second kappa shape index (κ2) is 11.8. The van der Waals surface area contributed by atoms with E-state index in [9.17, 15) is 27.6 Å². The summed E-state index contributed by atoms with van der Waals surface area (Å²) in [5, 5.41) is 17.4. The maximum atomic E-state index is 14.0. The highest BCUT2D eigenvalue weighted by atomic mass is 35.5. The summed E-state index contributed by atoms with van der Waals surface area (Å²) in [6.07, 6.45) is 0.868. The number of pyridine rings is 2. The van der Waals surface area contributed by atoms with E-state index in [2.05, 4.69) is 20.1 Å². The van der Waals surface area contributed by atoms with Crippen LogP contribution >= 0.6 is 11.6 Å². The van der Waals surface area contributed by atoms with Crippen molar-refractivity contribution in [2.45, 2.75) is 69.1 Å². The smallest absolute Gasteiger partial charge is 0.452 e. The van der Waals surface area contributed by atoms with Gasteiger partial charge in [-0.05, 0) is 67.0 Å². The molecule has 1 aromatic carbocycles. The van der Waals surface area contributed by atoms with Gasteiger partial charge in [-0.25, -0.2) is 4.98 Å². The molecule has 2 aliphatic rings. The fraction of sp³-hybridized carbons (Fsp3) is 0.400. The Morgan fingerprint density at radius 1 is 1.20 bits per heavy atom. The number of fused-ring (bicyclic) bond motifs is 4. The minimum absolute atomic E-state index is 0.0143. The molecule has 0 saturated carbocycles. The molecule has 3 aromatic heterocycles. The fourth-order valence-electron chi connectivity index (χ4n) is 6.31. The van der Waals surface area contributed by atoms with E-state index < -0.39 is 35.2 Å². The highest BCUT2D eigenvalue weighted by Gasteiger charge is 2.40. The Labute approximate surface area is 260 Å². The zero-order valence-corrected chi connectivity index (χ0v) is 25.6. The molecule has 9 nitrogen and oxygen atoms in total. The molecule has 4 aromatic rings. The first kappa shape index (κ1) is 30.6. The van der Waals surface area contributed by atoms with E-state index in [0.29, 0.717) is 45.5 Å². The van der Waals surface area contributed by atoms with Crippen LogP contribution in [0.25, 0.3) is 5.65 Å². The van der Waals surface area contributed by atoms with Crippen LogP contribution in [0.15, 0.2) is 47.6 Å². The molecule has 0 bridgehead atoms. The number of hydrogen-bond donors (Lipinski definition) is 1. The number of carboxylic acids is 1. The zero-order valence-electron chi connectivity index (χ0n) is 24.0. The summed E-state index contributed by atoms with van der Waals surface area (Å²) in [6, 6.07) is 8.99. The van der Waals surface area contributed by atoms with E-state index >= 15 is 0 Å². The second-order valence-electron chi connectivity index (χ2n) is 11.3. The van der Waals surface area contributed by atoms with Gasteiger partial charge in [0.15, 0.2) is 11.5 Å². The standard InChI is InChI=1S/C30H30ClF3N6O3S/c1-17-6-7-19(24(13-26(41)42)23-8-10-40-27(18(23)2)36-37-29(40)30(32,33)34)11-20(17)15-38-16-22-5-3-4-9-39(22)28-25(44(38)43)12-21(31)14-35-28/h6-8,10-12,14,22,24H,3-5,9,13,15-16H2,1-2H3,(H,41,42)/t22-,24?,44?/m0/s1. The summed E-state index contributed by atoms with van der Waals surface area (Å²) in [6.45, 7) is 5.27. The molecule has 2 aliphatic heterocycles. The predicted molar refractivity (Wildman–Crippen MR) is 159 cm³/mol. The normalized spacial score (nSPS) is 19.8. The first-order chi connectivity index (χ1) is 20.9. The lowest BCUT2D eigenvalue weighted by Crippen LogP contribution is -2.45. The third-order valence-corrected chi connectivity index (χ3v) is 10.2. The molecule has 6 rings (SSSR count). The van der Waals surface area contributed by atoms with Crippen LogP contribution in [0.2, 0.25) is 5.02 Å². The van der Waals surface area contributed by atoms with Crippen LogP contribution in [0, 0.1) is 13.8 Å². The summed E-state index contributed by atoms with van der Waals surface area (Å²) in [4.78, 5) is 19.4. The molecular weight excluding hydrogens is 617 g/mol. The van der Waals surface area contributed by atoms with Crippen LogP contribution < -0.4 is 4.90 Å².